The predicted molar refractivity (Wildman–Crippen MR) is 107 cm³/mol. The largest absolute Gasteiger partial charge is 0.293 e. The van der Waals surface area contributed by atoms with Gasteiger partial charge in [-0.3, -0.25) is 14.1 Å². The molecular weight excluding hydrogens is 361 g/mol. The molecule has 0 radical (unpaired) electrons. The summed E-state index contributed by atoms with van der Waals surface area (Å²) in [5.41, 5.74) is 3.08. The molecule has 0 bridgehead atoms. The van der Waals surface area contributed by atoms with Crippen molar-refractivity contribution in [1.29, 1.82) is 0 Å². The zero-order valence-corrected chi connectivity index (χ0v) is 16.4. The highest BCUT2D eigenvalue weighted by Gasteiger charge is 2.19. The average Bonchev–Trinajstić information content (AvgIpc) is 3.02. The summed E-state index contributed by atoms with van der Waals surface area (Å²) in [6.45, 7) is 4.38. The second-order valence-electron chi connectivity index (χ2n) is 7.22. The highest BCUT2D eigenvalue weighted by atomic mass is 32.1. The van der Waals surface area contributed by atoms with Crippen LogP contribution in [0.15, 0.2) is 35.1 Å². The second kappa shape index (κ2) is 7.90. The molecule has 0 aliphatic heterocycles. The molecule has 0 spiro atoms. The molecule has 0 saturated carbocycles. The lowest BCUT2D eigenvalue weighted by Crippen LogP contribution is -2.26. The lowest BCUT2D eigenvalue weighted by Gasteiger charge is -2.21. The summed E-state index contributed by atoms with van der Waals surface area (Å²) in [5.74, 6) is -0.220. The van der Waals surface area contributed by atoms with Crippen LogP contribution in [0.25, 0.3) is 4.96 Å². The first-order valence-electron chi connectivity index (χ1n) is 9.64. The number of halogens is 1. The van der Waals surface area contributed by atoms with Gasteiger partial charge in [-0.2, -0.15) is 0 Å². The van der Waals surface area contributed by atoms with Gasteiger partial charge in [0.15, 0.2) is 4.96 Å². The van der Waals surface area contributed by atoms with Gasteiger partial charge < -0.3 is 0 Å². The smallest absolute Gasteiger partial charge is 0.259 e. The fourth-order valence-electron chi connectivity index (χ4n) is 3.83. The molecule has 0 saturated heterocycles. The highest BCUT2D eigenvalue weighted by Crippen LogP contribution is 2.28. The van der Waals surface area contributed by atoms with Crippen molar-refractivity contribution in [2.24, 2.45) is 0 Å². The van der Waals surface area contributed by atoms with E-state index in [2.05, 4.69) is 11.8 Å². The molecule has 6 heteroatoms. The van der Waals surface area contributed by atoms with E-state index in [0.717, 1.165) is 55.0 Å². The Hall–Kier alpha value is -2.05. The van der Waals surface area contributed by atoms with Gasteiger partial charge in [-0.25, -0.2) is 9.37 Å². The van der Waals surface area contributed by atoms with E-state index in [1.165, 1.54) is 29.1 Å². The Labute approximate surface area is 162 Å². The number of nitrogens with zero attached hydrogens (tertiary/aromatic N) is 3. The predicted octanol–water partition coefficient (Wildman–Crippen LogP) is 4.19. The van der Waals surface area contributed by atoms with Crippen molar-refractivity contribution in [3.63, 3.8) is 0 Å². The average molecular weight is 386 g/mol. The van der Waals surface area contributed by atoms with Crippen molar-refractivity contribution in [3.8, 4) is 0 Å². The molecule has 3 aromatic rings. The fraction of sp³-hybridized carbons (Fsp3) is 0.429. The molecule has 1 aliphatic rings. The Morgan fingerprint density at radius 1 is 1.19 bits per heavy atom. The van der Waals surface area contributed by atoms with Crippen LogP contribution < -0.4 is 5.56 Å². The summed E-state index contributed by atoms with van der Waals surface area (Å²) in [5, 5.41) is 0. The van der Waals surface area contributed by atoms with Crippen LogP contribution in [0.3, 0.4) is 0 Å². The molecule has 0 amide bonds. The lowest BCUT2D eigenvalue weighted by molar-refractivity contribution is 0.254. The van der Waals surface area contributed by atoms with Gasteiger partial charge in [0, 0.05) is 29.7 Å². The van der Waals surface area contributed by atoms with Crippen molar-refractivity contribution >= 4 is 16.3 Å². The number of aryl methyl sites for hydroxylation is 2. The highest BCUT2D eigenvalue weighted by molar-refractivity contribution is 7.17. The molecule has 0 unspecified atom stereocenters. The van der Waals surface area contributed by atoms with E-state index in [0.29, 0.717) is 6.54 Å². The van der Waals surface area contributed by atoms with E-state index >= 15 is 0 Å². The summed E-state index contributed by atoms with van der Waals surface area (Å²) in [6, 6.07) is 8.30. The molecule has 142 valence electrons. The molecule has 1 aromatic carbocycles. The van der Waals surface area contributed by atoms with Crippen molar-refractivity contribution in [2.75, 3.05) is 6.54 Å². The minimum absolute atomic E-state index is 0.0348. The third kappa shape index (κ3) is 3.96. The number of fused-ring (bicyclic) bond motifs is 3. The first kappa shape index (κ1) is 18.3. The molecule has 4 rings (SSSR count). The van der Waals surface area contributed by atoms with E-state index in [-0.39, 0.29) is 11.4 Å². The summed E-state index contributed by atoms with van der Waals surface area (Å²) in [6.07, 6.45) is 5.39. The zero-order chi connectivity index (χ0) is 18.8. The number of thiazole rings is 1. The van der Waals surface area contributed by atoms with Crippen molar-refractivity contribution < 1.29 is 4.39 Å². The Kier molecular flexibility index (Phi) is 5.36. The van der Waals surface area contributed by atoms with E-state index in [4.69, 9.17) is 4.98 Å². The van der Waals surface area contributed by atoms with Gasteiger partial charge in [-0.15, -0.1) is 11.3 Å². The Morgan fingerprint density at radius 3 is 2.74 bits per heavy atom. The molecule has 2 heterocycles. The summed E-state index contributed by atoms with van der Waals surface area (Å²) < 4.78 is 15.0. The van der Waals surface area contributed by atoms with E-state index in [9.17, 15) is 9.18 Å². The molecule has 2 aromatic heterocycles. The standard InChI is InChI=1S/C21H24FN3OS/c1-2-11-24(13-15-7-9-16(22)10-8-15)14-17-12-20(26)25-18-5-3-4-6-19(18)27-21(25)23-17/h7-10,12H,2-6,11,13-14H2,1H3. The van der Waals surface area contributed by atoms with Crippen LogP contribution in [-0.4, -0.2) is 20.8 Å². The monoisotopic (exact) mass is 385 g/mol. The molecule has 4 nitrogen and oxygen atoms in total. The number of aromatic nitrogens is 2. The van der Waals surface area contributed by atoms with Gasteiger partial charge in [-0.1, -0.05) is 19.1 Å². The van der Waals surface area contributed by atoms with Crippen molar-refractivity contribution in [2.45, 2.75) is 52.1 Å². The van der Waals surface area contributed by atoms with E-state index in [1.54, 1.807) is 17.4 Å². The third-order valence-electron chi connectivity index (χ3n) is 5.06. The van der Waals surface area contributed by atoms with Gasteiger partial charge in [0.2, 0.25) is 0 Å². The maximum absolute atomic E-state index is 13.1. The van der Waals surface area contributed by atoms with Crippen LogP contribution >= 0.6 is 11.3 Å². The molecule has 0 atom stereocenters. The SMILES string of the molecule is CCCN(Cc1ccc(F)cc1)Cc1cc(=O)n2c3c(sc2n1)CCCC3. The van der Waals surface area contributed by atoms with Crippen molar-refractivity contribution in [1.82, 2.24) is 14.3 Å². The third-order valence-corrected chi connectivity index (χ3v) is 6.20. The van der Waals surface area contributed by atoms with Crippen LogP contribution in [0.1, 0.15) is 48.0 Å². The Bertz CT molecular complexity index is 993. The van der Waals surface area contributed by atoms with Gasteiger partial charge >= 0.3 is 0 Å². The van der Waals surface area contributed by atoms with Gasteiger partial charge in [0.05, 0.1) is 5.69 Å². The normalized spacial score (nSPS) is 14.0. The molecular formula is C21H24FN3OS. The topological polar surface area (TPSA) is 37.6 Å². The van der Waals surface area contributed by atoms with Crippen LogP contribution in [0.4, 0.5) is 4.39 Å². The summed E-state index contributed by atoms with van der Waals surface area (Å²) in [7, 11) is 0. The summed E-state index contributed by atoms with van der Waals surface area (Å²) >= 11 is 1.67. The summed E-state index contributed by atoms with van der Waals surface area (Å²) in [4.78, 5) is 21.9. The van der Waals surface area contributed by atoms with Crippen LogP contribution in [-0.2, 0) is 25.9 Å². The minimum atomic E-state index is -0.220. The Balaban J connectivity index is 1.60. The fourth-order valence-corrected chi connectivity index (χ4v) is 5.06. The molecule has 0 N–H and O–H groups in total. The number of hydrogen-bond donors (Lipinski definition) is 0. The first-order valence-corrected chi connectivity index (χ1v) is 10.5. The van der Waals surface area contributed by atoms with Crippen LogP contribution in [0, 0.1) is 5.82 Å². The lowest BCUT2D eigenvalue weighted by atomic mass is 10.0. The van der Waals surface area contributed by atoms with E-state index in [1.807, 2.05) is 16.5 Å². The molecule has 1 aliphatic carbocycles. The number of rotatable bonds is 6. The minimum Gasteiger partial charge on any atom is -0.293 e. The van der Waals surface area contributed by atoms with E-state index < -0.39 is 0 Å². The molecule has 0 fully saturated rings. The van der Waals surface area contributed by atoms with Crippen molar-refractivity contribution in [3.05, 3.63) is 68.3 Å². The maximum atomic E-state index is 13.1. The maximum Gasteiger partial charge on any atom is 0.259 e. The van der Waals surface area contributed by atoms with Gasteiger partial charge in [0.1, 0.15) is 5.82 Å². The zero-order valence-electron chi connectivity index (χ0n) is 15.6. The van der Waals surface area contributed by atoms with Crippen LogP contribution in [0.5, 0.6) is 0 Å². The first-order chi connectivity index (χ1) is 13.1. The second-order valence-corrected chi connectivity index (χ2v) is 8.28. The quantitative estimate of drug-likeness (QED) is 0.639. The van der Waals surface area contributed by atoms with Gasteiger partial charge in [0.25, 0.3) is 5.56 Å². The number of hydrogen-bond acceptors (Lipinski definition) is 4. The molecule has 27 heavy (non-hydrogen) atoms. The Morgan fingerprint density at radius 2 is 1.96 bits per heavy atom. The van der Waals surface area contributed by atoms with Gasteiger partial charge in [-0.05, 0) is 56.3 Å². The number of benzene rings is 1. The van der Waals surface area contributed by atoms with Crippen LogP contribution in [0.2, 0.25) is 0 Å².